The highest BCUT2D eigenvalue weighted by Crippen LogP contribution is 2.23. The summed E-state index contributed by atoms with van der Waals surface area (Å²) < 4.78 is 13.3. The van der Waals surface area contributed by atoms with Crippen LogP contribution in [0.5, 0.6) is 0 Å². The van der Waals surface area contributed by atoms with Crippen molar-refractivity contribution in [2.75, 3.05) is 26.7 Å². The highest BCUT2D eigenvalue weighted by atomic mass is 19.1. The normalized spacial score (nSPS) is 22.4. The van der Waals surface area contributed by atoms with E-state index in [9.17, 15) is 14.0 Å². The largest absolute Gasteiger partial charge is 0.342 e. The molecule has 1 aromatic rings. The van der Waals surface area contributed by atoms with Gasteiger partial charge in [0.1, 0.15) is 5.82 Å². The Bertz CT molecular complexity index is 619. The number of piperidine rings is 1. The summed E-state index contributed by atoms with van der Waals surface area (Å²) in [5, 5.41) is 0. The number of likely N-dealkylation sites (tertiary alicyclic amines) is 1. The summed E-state index contributed by atoms with van der Waals surface area (Å²) in [5.74, 6) is -0.674. The van der Waals surface area contributed by atoms with Crippen molar-refractivity contribution in [1.82, 2.24) is 9.80 Å². The van der Waals surface area contributed by atoms with Gasteiger partial charge in [0.05, 0.1) is 0 Å². The van der Waals surface area contributed by atoms with Crippen LogP contribution in [0.15, 0.2) is 24.3 Å². The Kier molecular flexibility index (Phi) is 6.71. The molecule has 0 spiro atoms. The molecule has 0 aliphatic carbocycles. The van der Waals surface area contributed by atoms with E-state index in [2.05, 4.69) is 18.7 Å². The van der Waals surface area contributed by atoms with Crippen LogP contribution in [0, 0.1) is 17.7 Å². The quantitative estimate of drug-likeness (QED) is 0.741. The van der Waals surface area contributed by atoms with Gasteiger partial charge in [-0.2, -0.15) is 0 Å². The Morgan fingerprint density at radius 1 is 1.40 bits per heavy atom. The number of carbonyl (C=O) groups excluding carboxylic acids is 2. The number of hydrogen-bond acceptors (Lipinski definition) is 3. The molecule has 0 radical (unpaired) electrons. The number of ketones is 1. The first-order valence-electron chi connectivity index (χ1n) is 9.11. The van der Waals surface area contributed by atoms with E-state index in [0.29, 0.717) is 11.5 Å². The predicted octanol–water partition coefficient (Wildman–Crippen LogP) is 3.22. The molecule has 0 aromatic heterocycles. The maximum atomic E-state index is 13.3. The van der Waals surface area contributed by atoms with Crippen molar-refractivity contribution in [3.63, 3.8) is 0 Å². The number of hydrogen-bond donors (Lipinski definition) is 0. The minimum atomic E-state index is -0.456. The van der Waals surface area contributed by atoms with Crippen molar-refractivity contribution < 1.29 is 14.0 Å². The monoisotopic (exact) mass is 348 g/mol. The van der Waals surface area contributed by atoms with Gasteiger partial charge in [0.15, 0.2) is 5.78 Å². The lowest BCUT2D eigenvalue weighted by Crippen LogP contribution is -2.50. The number of Topliss-reactive ketones (excluding diaryl/α,β-unsaturated/α-hetero) is 1. The fourth-order valence-electron chi connectivity index (χ4n) is 3.69. The van der Waals surface area contributed by atoms with Crippen molar-refractivity contribution in [1.29, 1.82) is 0 Å². The molecule has 0 N–H and O–H groups in total. The van der Waals surface area contributed by atoms with Gasteiger partial charge in [0.2, 0.25) is 5.91 Å². The molecule has 25 heavy (non-hydrogen) atoms. The summed E-state index contributed by atoms with van der Waals surface area (Å²) in [6, 6.07) is 5.87. The van der Waals surface area contributed by atoms with Crippen LogP contribution in [0.2, 0.25) is 0 Å². The van der Waals surface area contributed by atoms with Crippen LogP contribution in [0.3, 0.4) is 0 Å². The first-order chi connectivity index (χ1) is 11.8. The zero-order valence-corrected chi connectivity index (χ0v) is 15.7. The molecule has 5 heteroatoms. The van der Waals surface area contributed by atoms with Gasteiger partial charge in [0.25, 0.3) is 0 Å². The average molecular weight is 348 g/mol. The summed E-state index contributed by atoms with van der Waals surface area (Å²) in [7, 11) is 1.84. The minimum Gasteiger partial charge on any atom is -0.342 e. The van der Waals surface area contributed by atoms with Crippen molar-refractivity contribution >= 4 is 11.7 Å². The summed E-state index contributed by atoms with van der Waals surface area (Å²) in [6.45, 7) is 9.10. The van der Waals surface area contributed by atoms with E-state index in [4.69, 9.17) is 0 Å². The molecule has 1 heterocycles. The van der Waals surface area contributed by atoms with E-state index < -0.39 is 11.7 Å². The van der Waals surface area contributed by atoms with Crippen molar-refractivity contribution in [2.45, 2.75) is 39.7 Å². The van der Waals surface area contributed by atoms with E-state index in [0.717, 1.165) is 26.1 Å². The molecule has 1 fully saturated rings. The Morgan fingerprint density at radius 2 is 2.12 bits per heavy atom. The second-order valence-corrected chi connectivity index (χ2v) is 7.21. The Labute approximate surface area is 150 Å². The third-order valence-electron chi connectivity index (χ3n) is 5.32. The topological polar surface area (TPSA) is 40.6 Å². The second-order valence-electron chi connectivity index (χ2n) is 7.21. The van der Waals surface area contributed by atoms with Crippen LogP contribution in [-0.4, -0.2) is 54.2 Å². The fourth-order valence-corrected chi connectivity index (χ4v) is 3.69. The third-order valence-corrected chi connectivity index (χ3v) is 5.32. The lowest BCUT2D eigenvalue weighted by molar-refractivity contribution is -0.134. The van der Waals surface area contributed by atoms with Crippen molar-refractivity contribution in [2.24, 2.45) is 11.8 Å². The molecule has 1 saturated heterocycles. The lowest BCUT2D eigenvalue weighted by atomic mass is 9.91. The number of halogens is 1. The molecular formula is C20H29FN2O2. The SMILES string of the molecule is CCN1CC[C@H](N(C)C(=O)C[C@H](C)C(=O)c2cccc(F)c2)[C@H](C)C1. The van der Waals surface area contributed by atoms with E-state index in [-0.39, 0.29) is 24.2 Å². The lowest BCUT2D eigenvalue weighted by Gasteiger charge is -2.41. The molecule has 1 aliphatic rings. The zero-order valence-electron chi connectivity index (χ0n) is 15.7. The molecule has 1 amide bonds. The van der Waals surface area contributed by atoms with Crippen LogP contribution in [0.4, 0.5) is 4.39 Å². The molecule has 0 unspecified atom stereocenters. The van der Waals surface area contributed by atoms with Crippen LogP contribution >= 0.6 is 0 Å². The van der Waals surface area contributed by atoms with E-state index in [1.165, 1.54) is 18.2 Å². The van der Waals surface area contributed by atoms with E-state index in [1.54, 1.807) is 13.0 Å². The molecule has 0 bridgehead atoms. The summed E-state index contributed by atoms with van der Waals surface area (Å²) >= 11 is 0. The van der Waals surface area contributed by atoms with Crippen LogP contribution in [0.25, 0.3) is 0 Å². The van der Waals surface area contributed by atoms with Crippen molar-refractivity contribution in [3.05, 3.63) is 35.6 Å². The van der Waals surface area contributed by atoms with E-state index >= 15 is 0 Å². The fraction of sp³-hybridized carbons (Fsp3) is 0.600. The van der Waals surface area contributed by atoms with Gasteiger partial charge in [0, 0.05) is 44.1 Å². The van der Waals surface area contributed by atoms with Gasteiger partial charge in [-0.1, -0.05) is 32.9 Å². The van der Waals surface area contributed by atoms with Gasteiger partial charge < -0.3 is 9.80 Å². The van der Waals surface area contributed by atoms with Gasteiger partial charge in [-0.15, -0.1) is 0 Å². The number of rotatable bonds is 6. The molecule has 2 rings (SSSR count). The maximum absolute atomic E-state index is 13.3. The van der Waals surface area contributed by atoms with E-state index in [1.807, 2.05) is 11.9 Å². The Balaban J connectivity index is 1.95. The van der Waals surface area contributed by atoms with Gasteiger partial charge in [-0.25, -0.2) is 4.39 Å². The number of carbonyl (C=O) groups is 2. The van der Waals surface area contributed by atoms with Crippen molar-refractivity contribution in [3.8, 4) is 0 Å². The molecule has 4 nitrogen and oxygen atoms in total. The van der Waals surface area contributed by atoms with Crippen LogP contribution < -0.4 is 0 Å². The summed E-state index contributed by atoms with van der Waals surface area (Å²) in [6.07, 6.45) is 1.12. The molecular weight excluding hydrogens is 319 g/mol. The molecule has 3 atom stereocenters. The first kappa shape index (κ1) is 19.6. The third kappa shape index (κ3) is 4.88. The molecule has 1 aliphatic heterocycles. The highest BCUT2D eigenvalue weighted by molar-refractivity contribution is 5.99. The number of benzene rings is 1. The van der Waals surface area contributed by atoms with Crippen LogP contribution in [-0.2, 0) is 4.79 Å². The second kappa shape index (κ2) is 8.56. The van der Waals surface area contributed by atoms with Gasteiger partial charge >= 0.3 is 0 Å². The van der Waals surface area contributed by atoms with Crippen LogP contribution in [0.1, 0.15) is 44.0 Å². The first-order valence-corrected chi connectivity index (χ1v) is 9.11. The smallest absolute Gasteiger partial charge is 0.223 e. The van der Waals surface area contributed by atoms with Gasteiger partial charge in [-0.05, 0) is 31.0 Å². The standard InChI is InChI=1S/C20H29FN2O2/c1-5-23-10-9-18(15(3)13-23)22(4)19(24)11-14(2)20(25)16-7-6-8-17(21)12-16/h6-8,12,14-15,18H,5,9-11,13H2,1-4H3/t14-,15+,18-/m0/s1. The predicted molar refractivity (Wildman–Crippen MR) is 97.0 cm³/mol. The number of amides is 1. The Morgan fingerprint density at radius 3 is 2.72 bits per heavy atom. The summed E-state index contributed by atoms with van der Waals surface area (Å²) in [5.41, 5.74) is 0.326. The minimum absolute atomic E-state index is 0.0148. The maximum Gasteiger partial charge on any atom is 0.223 e. The molecule has 1 aromatic carbocycles. The highest BCUT2D eigenvalue weighted by Gasteiger charge is 2.31. The molecule has 0 saturated carbocycles. The number of nitrogens with zero attached hydrogens (tertiary/aromatic N) is 2. The van der Waals surface area contributed by atoms with Gasteiger partial charge in [-0.3, -0.25) is 9.59 Å². The Hall–Kier alpha value is -1.75. The average Bonchev–Trinajstić information content (AvgIpc) is 2.60. The zero-order chi connectivity index (χ0) is 18.6. The molecule has 138 valence electrons. The summed E-state index contributed by atoms with van der Waals surface area (Å²) in [4.78, 5) is 29.3.